The second kappa shape index (κ2) is 14.5. The summed E-state index contributed by atoms with van der Waals surface area (Å²) in [4.78, 5) is 33.0. The van der Waals surface area contributed by atoms with Crippen LogP contribution in [0.25, 0.3) is 0 Å². The van der Waals surface area contributed by atoms with Crippen LogP contribution in [0.3, 0.4) is 0 Å². The van der Waals surface area contributed by atoms with Gasteiger partial charge in [0.1, 0.15) is 11.6 Å². The molecule has 0 aliphatic heterocycles. The van der Waals surface area contributed by atoms with Gasteiger partial charge in [-0.25, -0.2) is 9.97 Å². The molecule has 0 bridgehead atoms. The Morgan fingerprint density at radius 3 is 2.22 bits per heavy atom. The molecule has 196 valence electrons. The maximum atomic E-state index is 11.0. The third-order valence-corrected chi connectivity index (χ3v) is 6.39. The lowest BCUT2D eigenvalue weighted by Gasteiger charge is -2.27. The van der Waals surface area contributed by atoms with Crippen LogP contribution in [0.4, 0.5) is 0 Å². The number of hydrogen-bond donors (Lipinski definition) is 3. The first-order chi connectivity index (χ1) is 17.4. The van der Waals surface area contributed by atoms with Crippen molar-refractivity contribution in [3.8, 4) is 0 Å². The third kappa shape index (κ3) is 9.22. The fourth-order valence-corrected chi connectivity index (χ4v) is 4.46. The lowest BCUT2D eigenvalue weighted by Crippen LogP contribution is -2.32. The molecule has 2 heterocycles. The van der Waals surface area contributed by atoms with Crippen molar-refractivity contribution in [3.63, 3.8) is 0 Å². The number of carbonyl (C=O) groups is 1. The molecule has 0 spiro atoms. The number of carboxylic acids is 1. The lowest BCUT2D eigenvalue weighted by atomic mass is 10.1. The molecule has 0 saturated heterocycles. The van der Waals surface area contributed by atoms with Crippen LogP contribution in [-0.2, 0) is 24.4 Å². The minimum absolute atomic E-state index is 0.125. The second-order valence-corrected chi connectivity index (χ2v) is 9.52. The maximum absolute atomic E-state index is 11.0. The van der Waals surface area contributed by atoms with E-state index in [-0.39, 0.29) is 12.6 Å². The van der Waals surface area contributed by atoms with Gasteiger partial charge in [0.05, 0.1) is 19.1 Å². The highest BCUT2D eigenvalue weighted by molar-refractivity contribution is 5.69. The molecule has 1 aromatic carbocycles. The highest BCUT2D eigenvalue weighted by atomic mass is 16.4. The number of nitrogens with one attached hydrogen (secondary N) is 2. The van der Waals surface area contributed by atoms with E-state index in [2.05, 4.69) is 74.9 Å². The maximum Gasteiger partial charge on any atom is 0.317 e. The van der Waals surface area contributed by atoms with Gasteiger partial charge in [-0.3, -0.25) is 14.6 Å². The Hall–Kier alpha value is -3.01. The molecule has 36 heavy (non-hydrogen) atoms. The van der Waals surface area contributed by atoms with Crippen molar-refractivity contribution in [2.24, 2.45) is 0 Å². The Bertz CT molecular complexity index is 990. The number of unbranched alkanes of at least 4 members (excludes halogenated alkanes) is 1. The van der Waals surface area contributed by atoms with Crippen LogP contribution >= 0.6 is 0 Å². The number of carboxylic acid groups (broad SMARTS) is 1. The van der Waals surface area contributed by atoms with Gasteiger partial charge in [-0.1, -0.05) is 31.2 Å². The average molecular weight is 496 g/mol. The zero-order chi connectivity index (χ0) is 25.8. The van der Waals surface area contributed by atoms with Gasteiger partial charge in [0, 0.05) is 37.9 Å². The van der Waals surface area contributed by atoms with Gasteiger partial charge in [0.2, 0.25) is 0 Å². The number of nitrogens with zero attached hydrogens (tertiary/aromatic N) is 5. The van der Waals surface area contributed by atoms with Crippen molar-refractivity contribution in [1.29, 1.82) is 0 Å². The molecule has 3 rings (SSSR count). The molecular weight excluding hydrogens is 454 g/mol. The van der Waals surface area contributed by atoms with Crippen LogP contribution in [0, 0.1) is 0 Å². The summed E-state index contributed by atoms with van der Waals surface area (Å²) >= 11 is 0. The van der Waals surface area contributed by atoms with E-state index in [9.17, 15) is 4.79 Å². The van der Waals surface area contributed by atoms with Gasteiger partial charge in [-0.2, -0.15) is 0 Å². The van der Waals surface area contributed by atoms with E-state index in [1.54, 1.807) is 12.4 Å². The van der Waals surface area contributed by atoms with Gasteiger partial charge in [0.25, 0.3) is 0 Å². The van der Waals surface area contributed by atoms with E-state index in [4.69, 9.17) is 5.11 Å². The van der Waals surface area contributed by atoms with Crippen molar-refractivity contribution < 1.29 is 9.90 Å². The first kappa shape index (κ1) is 27.6. The first-order valence-electron chi connectivity index (χ1n) is 12.9. The number of imidazole rings is 2. The average Bonchev–Trinajstić information content (AvgIpc) is 3.56. The predicted octanol–water partition coefficient (Wildman–Crippen LogP) is 3.90. The summed E-state index contributed by atoms with van der Waals surface area (Å²) in [6.07, 6.45) is 10.3. The zero-order valence-corrected chi connectivity index (χ0v) is 21.9. The molecule has 0 saturated carbocycles. The van der Waals surface area contributed by atoms with Gasteiger partial charge >= 0.3 is 5.97 Å². The van der Waals surface area contributed by atoms with Crippen LogP contribution < -0.4 is 0 Å². The van der Waals surface area contributed by atoms with Crippen LogP contribution in [-0.4, -0.2) is 78.9 Å². The molecule has 0 aliphatic carbocycles. The lowest BCUT2D eigenvalue weighted by molar-refractivity contribution is -0.138. The van der Waals surface area contributed by atoms with Crippen LogP contribution in [0.1, 0.15) is 61.9 Å². The van der Waals surface area contributed by atoms with Gasteiger partial charge in [-0.15, -0.1) is 0 Å². The number of benzene rings is 1. The summed E-state index contributed by atoms with van der Waals surface area (Å²) < 4.78 is 0. The predicted molar refractivity (Wildman–Crippen MR) is 141 cm³/mol. The summed E-state index contributed by atoms with van der Waals surface area (Å²) in [5.74, 6) is 1.14. The van der Waals surface area contributed by atoms with E-state index < -0.39 is 5.97 Å². The largest absolute Gasteiger partial charge is 0.480 e. The Balaban J connectivity index is 1.48. The van der Waals surface area contributed by atoms with Crippen molar-refractivity contribution in [2.45, 2.75) is 58.8 Å². The zero-order valence-electron chi connectivity index (χ0n) is 21.9. The molecular formula is C27H41N7O2. The molecule has 2 aromatic heterocycles. The Morgan fingerprint density at radius 1 is 0.944 bits per heavy atom. The van der Waals surface area contributed by atoms with Gasteiger partial charge in [0.15, 0.2) is 0 Å². The van der Waals surface area contributed by atoms with Gasteiger partial charge in [-0.05, 0) is 64.0 Å². The van der Waals surface area contributed by atoms with Crippen LogP contribution in [0.15, 0.2) is 49.1 Å². The minimum atomic E-state index is -0.747. The van der Waals surface area contributed by atoms with E-state index >= 15 is 0 Å². The molecule has 0 fully saturated rings. The van der Waals surface area contributed by atoms with Crippen molar-refractivity contribution in [1.82, 2.24) is 34.6 Å². The smallest absolute Gasteiger partial charge is 0.317 e. The summed E-state index contributed by atoms with van der Waals surface area (Å²) in [6.45, 7) is 9.46. The van der Waals surface area contributed by atoms with Crippen molar-refractivity contribution >= 4 is 5.97 Å². The molecule has 9 heteroatoms. The van der Waals surface area contributed by atoms with Crippen molar-refractivity contribution in [2.75, 3.05) is 33.2 Å². The summed E-state index contributed by atoms with van der Waals surface area (Å²) in [6, 6.07) is 8.97. The second-order valence-electron chi connectivity index (χ2n) is 9.52. The minimum Gasteiger partial charge on any atom is -0.480 e. The number of aromatic nitrogens is 4. The van der Waals surface area contributed by atoms with E-state index in [0.717, 1.165) is 63.6 Å². The molecule has 0 radical (unpaired) electrons. The Kier molecular flexibility index (Phi) is 11.1. The highest BCUT2D eigenvalue weighted by Crippen LogP contribution is 2.22. The van der Waals surface area contributed by atoms with E-state index in [1.165, 1.54) is 11.1 Å². The normalized spacial score (nSPS) is 12.6. The van der Waals surface area contributed by atoms with Crippen LogP contribution in [0.2, 0.25) is 0 Å². The standard InChI is InChI=1S/C27H41N7O2/c1-4-15-33(21-26(35)36)17-6-5-16-32(3)18-23-7-9-24(10-8-23)19-34(20-25-28-11-12-29-25)22(2)27-30-13-14-31-27/h7-14,22H,4-6,15-21H2,1-3H3,(H,28,29)(H,30,31)(H,35,36). The molecule has 0 aliphatic rings. The number of aromatic amines is 2. The van der Waals surface area contributed by atoms with E-state index in [0.29, 0.717) is 6.54 Å². The summed E-state index contributed by atoms with van der Waals surface area (Å²) in [7, 11) is 2.14. The summed E-state index contributed by atoms with van der Waals surface area (Å²) in [5, 5.41) is 9.05. The molecule has 9 nitrogen and oxygen atoms in total. The molecule has 0 amide bonds. The van der Waals surface area contributed by atoms with Crippen LogP contribution in [0.5, 0.6) is 0 Å². The molecule has 1 unspecified atom stereocenters. The molecule has 3 aromatic rings. The fourth-order valence-electron chi connectivity index (χ4n) is 4.46. The number of rotatable bonds is 17. The Labute approximate surface area is 214 Å². The quantitative estimate of drug-likeness (QED) is 0.244. The molecule has 1 atom stereocenters. The number of aliphatic carboxylic acids is 1. The van der Waals surface area contributed by atoms with E-state index in [1.807, 2.05) is 17.3 Å². The van der Waals surface area contributed by atoms with Crippen molar-refractivity contribution in [3.05, 3.63) is 71.8 Å². The SMILES string of the molecule is CCCN(CCCCN(C)Cc1ccc(CN(Cc2ncc[nH]2)C(C)c2ncc[nH]2)cc1)CC(=O)O. The third-order valence-electron chi connectivity index (χ3n) is 6.39. The fraction of sp³-hybridized carbons (Fsp3) is 0.519. The summed E-state index contributed by atoms with van der Waals surface area (Å²) in [5.41, 5.74) is 2.54. The van der Waals surface area contributed by atoms with Gasteiger partial charge < -0.3 is 20.0 Å². The monoisotopic (exact) mass is 495 g/mol. The molecule has 3 N–H and O–H groups in total. The first-order valence-corrected chi connectivity index (χ1v) is 12.9. The highest BCUT2D eigenvalue weighted by Gasteiger charge is 2.19. The Morgan fingerprint density at radius 2 is 1.61 bits per heavy atom. The topological polar surface area (TPSA) is 104 Å². The number of H-pyrrole nitrogens is 2. The number of hydrogen-bond acceptors (Lipinski definition) is 6.